The summed E-state index contributed by atoms with van der Waals surface area (Å²) in [6.45, 7) is 0. The Kier molecular flexibility index (Phi) is 3.99. The summed E-state index contributed by atoms with van der Waals surface area (Å²) in [6.07, 6.45) is 10.5. The summed E-state index contributed by atoms with van der Waals surface area (Å²) in [6, 6.07) is 15.1. The van der Waals surface area contributed by atoms with Crippen LogP contribution in [0, 0.1) is 11.8 Å². The number of fused-ring (bicyclic) bond motifs is 3. The third-order valence-electron chi connectivity index (χ3n) is 7.45. The molecule has 2 N–H and O–H groups in total. The molecule has 0 saturated heterocycles. The second-order valence-corrected chi connectivity index (χ2v) is 8.56. The van der Waals surface area contributed by atoms with Crippen LogP contribution in [0.1, 0.15) is 62.5 Å². The molecule has 134 valence electrons. The molecule has 0 atom stereocenters. The molecule has 0 unspecified atom stereocenters. The Bertz CT molecular complexity index is 801. The Hall–Kier alpha value is -1.58. The van der Waals surface area contributed by atoms with Crippen molar-refractivity contribution in [2.24, 2.45) is 11.8 Å². The van der Waals surface area contributed by atoms with E-state index in [0.29, 0.717) is 17.3 Å². The van der Waals surface area contributed by atoms with Crippen molar-refractivity contribution in [1.82, 2.24) is 0 Å². The van der Waals surface area contributed by atoms with Gasteiger partial charge in [0.15, 0.2) is 0 Å². The minimum atomic E-state index is -1.39. The fourth-order valence-corrected chi connectivity index (χ4v) is 6.50. The van der Waals surface area contributed by atoms with Gasteiger partial charge in [0.2, 0.25) is 0 Å². The molecule has 2 fully saturated rings. The summed E-state index contributed by atoms with van der Waals surface area (Å²) in [5.74, 6) is 1.36. The van der Waals surface area contributed by atoms with Crippen LogP contribution in [0.3, 0.4) is 0 Å². The summed E-state index contributed by atoms with van der Waals surface area (Å²) in [4.78, 5) is 0. The van der Waals surface area contributed by atoms with Gasteiger partial charge in [0, 0.05) is 5.41 Å². The van der Waals surface area contributed by atoms with Gasteiger partial charge in [-0.25, -0.2) is 0 Å². The third-order valence-corrected chi connectivity index (χ3v) is 7.45. The third kappa shape index (κ3) is 2.20. The van der Waals surface area contributed by atoms with E-state index in [4.69, 9.17) is 0 Å². The standard InChI is InChI=1S/C23H27BO2/c25-24(26)18-13-14-20-19-11-5-6-12-21(19)23(22(20)15-18,16-7-1-2-8-16)17-9-3-4-10-17/h5-6,11-17,25-26H,1-4,7-10H2. The molecule has 0 radical (unpaired) electrons. The second kappa shape index (κ2) is 6.25. The highest BCUT2D eigenvalue weighted by Crippen LogP contribution is 2.62. The van der Waals surface area contributed by atoms with Gasteiger partial charge < -0.3 is 10.0 Å². The first-order chi connectivity index (χ1) is 12.7. The van der Waals surface area contributed by atoms with Gasteiger partial charge in [0.25, 0.3) is 0 Å². The normalized spacial score (nSPS) is 21.8. The van der Waals surface area contributed by atoms with E-state index in [9.17, 15) is 10.0 Å². The first-order valence-electron chi connectivity index (χ1n) is 10.3. The molecule has 0 aromatic heterocycles. The maximum absolute atomic E-state index is 9.83. The Morgan fingerprint density at radius 2 is 1.31 bits per heavy atom. The molecule has 0 spiro atoms. The van der Waals surface area contributed by atoms with Crippen molar-refractivity contribution in [3.8, 4) is 11.1 Å². The van der Waals surface area contributed by atoms with E-state index in [0.717, 1.165) is 0 Å². The van der Waals surface area contributed by atoms with E-state index in [1.54, 1.807) is 0 Å². The summed E-state index contributed by atoms with van der Waals surface area (Å²) in [5, 5.41) is 19.7. The minimum absolute atomic E-state index is 0.0732. The monoisotopic (exact) mass is 346 g/mol. The van der Waals surface area contributed by atoms with Crippen molar-refractivity contribution in [3.05, 3.63) is 53.6 Å². The van der Waals surface area contributed by atoms with Crippen LogP contribution in [-0.4, -0.2) is 17.2 Å². The van der Waals surface area contributed by atoms with Gasteiger partial charge in [-0.2, -0.15) is 0 Å². The van der Waals surface area contributed by atoms with Crippen LogP contribution in [-0.2, 0) is 5.41 Å². The molecule has 0 aliphatic heterocycles. The van der Waals surface area contributed by atoms with Crippen LogP contribution < -0.4 is 5.46 Å². The Morgan fingerprint density at radius 3 is 1.92 bits per heavy atom. The first-order valence-corrected chi connectivity index (χ1v) is 10.3. The number of rotatable bonds is 3. The largest absolute Gasteiger partial charge is 0.488 e. The Labute approximate surface area is 156 Å². The van der Waals surface area contributed by atoms with Gasteiger partial charge in [-0.3, -0.25) is 0 Å². The van der Waals surface area contributed by atoms with Crippen molar-refractivity contribution in [2.45, 2.75) is 56.8 Å². The van der Waals surface area contributed by atoms with E-state index in [1.165, 1.54) is 73.6 Å². The van der Waals surface area contributed by atoms with E-state index in [2.05, 4.69) is 36.4 Å². The summed E-state index contributed by atoms with van der Waals surface area (Å²) >= 11 is 0. The van der Waals surface area contributed by atoms with Crippen LogP contribution in [0.2, 0.25) is 0 Å². The fraction of sp³-hybridized carbons (Fsp3) is 0.478. The lowest BCUT2D eigenvalue weighted by Gasteiger charge is -2.43. The zero-order valence-electron chi connectivity index (χ0n) is 15.3. The number of benzene rings is 2. The van der Waals surface area contributed by atoms with Crippen molar-refractivity contribution >= 4 is 12.6 Å². The molecule has 0 amide bonds. The van der Waals surface area contributed by atoms with Gasteiger partial charge in [-0.15, -0.1) is 0 Å². The molecular formula is C23H27BO2. The molecule has 3 aliphatic carbocycles. The average molecular weight is 346 g/mol. The highest BCUT2D eigenvalue weighted by molar-refractivity contribution is 6.58. The molecule has 0 bridgehead atoms. The van der Waals surface area contributed by atoms with Crippen molar-refractivity contribution < 1.29 is 10.0 Å². The predicted molar refractivity (Wildman–Crippen MR) is 106 cm³/mol. The van der Waals surface area contributed by atoms with Gasteiger partial charge in [0.1, 0.15) is 0 Å². The molecule has 26 heavy (non-hydrogen) atoms. The van der Waals surface area contributed by atoms with E-state index < -0.39 is 7.12 Å². The molecule has 3 aliphatic rings. The van der Waals surface area contributed by atoms with E-state index in [-0.39, 0.29) is 5.41 Å². The summed E-state index contributed by atoms with van der Waals surface area (Å²) in [7, 11) is -1.39. The predicted octanol–water partition coefficient (Wildman–Crippen LogP) is 4.01. The zero-order valence-corrected chi connectivity index (χ0v) is 15.3. The maximum atomic E-state index is 9.83. The molecule has 3 heteroatoms. The highest BCUT2D eigenvalue weighted by Gasteiger charge is 2.54. The van der Waals surface area contributed by atoms with Gasteiger partial charge in [-0.05, 0) is 65.2 Å². The Morgan fingerprint density at radius 1 is 0.731 bits per heavy atom. The molecule has 2 saturated carbocycles. The minimum Gasteiger partial charge on any atom is -0.423 e. The smallest absolute Gasteiger partial charge is 0.423 e. The molecule has 2 aromatic carbocycles. The fourth-order valence-electron chi connectivity index (χ4n) is 6.50. The van der Waals surface area contributed by atoms with Gasteiger partial charge in [-0.1, -0.05) is 68.1 Å². The molecule has 2 aromatic rings. The van der Waals surface area contributed by atoms with Crippen molar-refractivity contribution in [2.75, 3.05) is 0 Å². The SMILES string of the molecule is OB(O)c1ccc2c(c1)C(C1CCCC1)(C1CCCC1)c1ccccc1-2. The summed E-state index contributed by atoms with van der Waals surface area (Å²) < 4.78 is 0. The van der Waals surface area contributed by atoms with Crippen molar-refractivity contribution in [3.63, 3.8) is 0 Å². The molecule has 5 rings (SSSR count). The number of hydrogen-bond donors (Lipinski definition) is 2. The van der Waals surface area contributed by atoms with Crippen LogP contribution in [0.15, 0.2) is 42.5 Å². The molecule has 2 nitrogen and oxygen atoms in total. The second-order valence-electron chi connectivity index (χ2n) is 8.56. The highest BCUT2D eigenvalue weighted by atomic mass is 16.4. The summed E-state index contributed by atoms with van der Waals surface area (Å²) in [5.41, 5.74) is 6.30. The average Bonchev–Trinajstić information content (AvgIpc) is 3.40. The first kappa shape index (κ1) is 16.6. The molecular weight excluding hydrogens is 319 g/mol. The van der Waals surface area contributed by atoms with Crippen LogP contribution in [0.25, 0.3) is 11.1 Å². The maximum Gasteiger partial charge on any atom is 0.488 e. The van der Waals surface area contributed by atoms with Crippen molar-refractivity contribution in [1.29, 1.82) is 0 Å². The Balaban J connectivity index is 1.81. The lowest BCUT2D eigenvalue weighted by Crippen LogP contribution is -2.41. The van der Waals surface area contributed by atoms with Gasteiger partial charge in [0.05, 0.1) is 0 Å². The van der Waals surface area contributed by atoms with Crippen LogP contribution >= 0.6 is 0 Å². The lowest BCUT2D eigenvalue weighted by molar-refractivity contribution is 0.223. The van der Waals surface area contributed by atoms with Crippen LogP contribution in [0.4, 0.5) is 0 Å². The zero-order chi connectivity index (χ0) is 17.7. The van der Waals surface area contributed by atoms with Gasteiger partial charge >= 0.3 is 7.12 Å². The topological polar surface area (TPSA) is 40.5 Å². The molecule has 0 heterocycles. The lowest BCUT2D eigenvalue weighted by atomic mass is 9.59. The van der Waals surface area contributed by atoms with Crippen LogP contribution in [0.5, 0.6) is 0 Å². The van der Waals surface area contributed by atoms with E-state index >= 15 is 0 Å². The van der Waals surface area contributed by atoms with E-state index in [1.807, 2.05) is 6.07 Å². The number of hydrogen-bond acceptors (Lipinski definition) is 2. The quantitative estimate of drug-likeness (QED) is 0.825.